The van der Waals surface area contributed by atoms with Crippen LogP contribution in [-0.4, -0.2) is 53.7 Å². The zero-order valence-electron chi connectivity index (χ0n) is 15.8. The second-order valence-electron chi connectivity index (χ2n) is 7.03. The molecule has 5 heterocycles. The van der Waals surface area contributed by atoms with E-state index in [1.807, 2.05) is 20.2 Å². The van der Waals surface area contributed by atoms with E-state index in [0.717, 1.165) is 15.4 Å². The molecule has 9 nitrogen and oxygen atoms in total. The van der Waals surface area contributed by atoms with Gasteiger partial charge < -0.3 is 9.84 Å². The lowest BCUT2D eigenvalue weighted by Gasteiger charge is -2.16. The molecule has 0 saturated carbocycles. The molecule has 1 aliphatic heterocycles. The molecule has 0 aromatic carbocycles. The average Bonchev–Trinajstić information content (AvgIpc) is 3.43. The molecular weight excluding hydrogens is 392 g/mol. The van der Waals surface area contributed by atoms with E-state index in [1.54, 1.807) is 23.1 Å². The molecule has 0 unspecified atom stereocenters. The SMILES string of the molecule is Cc1ncc(-c2cc3c(=O)n([C@H]4COC[C@@H]4O)cnc3c(-c3cnn(C)c3)n2)s1. The molecule has 5 rings (SSSR count). The lowest BCUT2D eigenvalue weighted by atomic mass is 10.1. The molecule has 4 aromatic rings. The molecule has 10 heteroatoms. The second kappa shape index (κ2) is 6.83. The summed E-state index contributed by atoms with van der Waals surface area (Å²) in [5.74, 6) is 0. The van der Waals surface area contributed by atoms with Crippen molar-refractivity contribution >= 4 is 22.2 Å². The summed E-state index contributed by atoms with van der Waals surface area (Å²) in [5.41, 5.74) is 2.28. The Bertz CT molecular complexity index is 1280. The maximum Gasteiger partial charge on any atom is 0.261 e. The molecule has 29 heavy (non-hydrogen) atoms. The summed E-state index contributed by atoms with van der Waals surface area (Å²) >= 11 is 1.51. The number of nitrogens with zero attached hydrogens (tertiary/aromatic N) is 6. The Kier molecular flexibility index (Phi) is 4.26. The molecule has 1 N–H and O–H groups in total. The molecule has 1 saturated heterocycles. The van der Waals surface area contributed by atoms with Crippen LogP contribution >= 0.6 is 11.3 Å². The van der Waals surface area contributed by atoms with E-state index >= 15 is 0 Å². The van der Waals surface area contributed by atoms with E-state index in [2.05, 4.69) is 15.1 Å². The molecule has 4 aromatic heterocycles. The highest BCUT2D eigenvalue weighted by molar-refractivity contribution is 7.15. The normalized spacial score (nSPS) is 19.3. The van der Waals surface area contributed by atoms with Crippen LogP contribution in [-0.2, 0) is 11.8 Å². The van der Waals surface area contributed by atoms with Gasteiger partial charge in [0, 0.05) is 25.0 Å². The van der Waals surface area contributed by atoms with Crippen molar-refractivity contribution in [2.24, 2.45) is 7.05 Å². The number of pyridine rings is 1. The van der Waals surface area contributed by atoms with Gasteiger partial charge in [0.2, 0.25) is 0 Å². The van der Waals surface area contributed by atoms with Crippen LogP contribution < -0.4 is 5.56 Å². The van der Waals surface area contributed by atoms with Crippen molar-refractivity contribution in [1.82, 2.24) is 29.3 Å². The standard InChI is InChI=1S/C19H18N6O3S/c1-10-20-5-16(29-10)13-3-12-18(17(23-13)11-4-22-24(2)6-11)21-9-25(19(12)27)14-7-28-8-15(14)26/h3-6,9,14-15,26H,7-8H2,1-2H3/t14-,15-/m0/s1. The van der Waals surface area contributed by atoms with Crippen LogP contribution in [0.3, 0.4) is 0 Å². The summed E-state index contributed by atoms with van der Waals surface area (Å²) in [6.07, 6.45) is 6.02. The van der Waals surface area contributed by atoms with Crippen molar-refractivity contribution in [3.05, 3.63) is 46.3 Å². The van der Waals surface area contributed by atoms with Crippen LogP contribution in [0, 0.1) is 6.92 Å². The fraction of sp³-hybridized carbons (Fsp3) is 0.316. The highest BCUT2D eigenvalue weighted by atomic mass is 32.1. The van der Waals surface area contributed by atoms with Crippen molar-refractivity contribution in [3.8, 4) is 21.8 Å². The Morgan fingerprint density at radius 3 is 2.79 bits per heavy atom. The van der Waals surface area contributed by atoms with Gasteiger partial charge in [-0.1, -0.05) is 0 Å². The van der Waals surface area contributed by atoms with Crippen LogP contribution in [0.4, 0.5) is 0 Å². The number of rotatable bonds is 3. The number of aliphatic hydroxyl groups excluding tert-OH is 1. The first-order chi connectivity index (χ1) is 14.0. The van der Waals surface area contributed by atoms with Crippen LogP contribution in [0.1, 0.15) is 11.0 Å². The number of hydrogen-bond acceptors (Lipinski definition) is 8. The minimum absolute atomic E-state index is 0.206. The summed E-state index contributed by atoms with van der Waals surface area (Å²) in [6, 6.07) is 1.29. The van der Waals surface area contributed by atoms with E-state index in [0.29, 0.717) is 22.3 Å². The average molecular weight is 410 g/mol. The van der Waals surface area contributed by atoms with Gasteiger partial charge in [-0.25, -0.2) is 15.0 Å². The first-order valence-corrected chi connectivity index (χ1v) is 9.92. The third-order valence-corrected chi connectivity index (χ3v) is 5.93. The number of aliphatic hydroxyl groups is 1. The Morgan fingerprint density at radius 2 is 2.14 bits per heavy atom. The monoisotopic (exact) mass is 410 g/mol. The van der Waals surface area contributed by atoms with Crippen molar-refractivity contribution < 1.29 is 9.84 Å². The van der Waals surface area contributed by atoms with Gasteiger partial charge in [-0.3, -0.25) is 14.0 Å². The zero-order valence-corrected chi connectivity index (χ0v) is 16.6. The minimum Gasteiger partial charge on any atom is -0.388 e. The lowest BCUT2D eigenvalue weighted by Crippen LogP contribution is -2.32. The number of aromatic nitrogens is 6. The van der Waals surface area contributed by atoms with E-state index in [9.17, 15) is 9.90 Å². The largest absolute Gasteiger partial charge is 0.388 e. The lowest BCUT2D eigenvalue weighted by molar-refractivity contribution is 0.119. The topological polar surface area (TPSA) is 108 Å². The molecule has 0 bridgehead atoms. The van der Waals surface area contributed by atoms with Gasteiger partial charge in [0.05, 0.1) is 52.7 Å². The molecule has 0 amide bonds. The number of aryl methyl sites for hydroxylation is 2. The number of fused-ring (bicyclic) bond motifs is 1. The summed E-state index contributed by atoms with van der Waals surface area (Å²) in [7, 11) is 1.82. The first kappa shape index (κ1) is 18.1. The maximum absolute atomic E-state index is 13.3. The third-order valence-electron chi connectivity index (χ3n) is 5.00. The second-order valence-corrected chi connectivity index (χ2v) is 8.26. The third kappa shape index (κ3) is 3.05. The molecule has 0 spiro atoms. The maximum atomic E-state index is 13.3. The van der Waals surface area contributed by atoms with Gasteiger partial charge in [0.15, 0.2) is 0 Å². The number of ether oxygens (including phenoxy) is 1. The van der Waals surface area contributed by atoms with Crippen LogP contribution in [0.2, 0.25) is 0 Å². The van der Waals surface area contributed by atoms with E-state index in [-0.39, 0.29) is 18.8 Å². The van der Waals surface area contributed by atoms with Crippen LogP contribution in [0.5, 0.6) is 0 Å². The fourth-order valence-corrected chi connectivity index (χ4v) is 4.27. The van der Waals surface area contributed by atoms with Gasteiger partial charge >= 0.3 is 0 Å². The Hall–Kier alpha value is -2.95. The number of thiazole rings is 1. The highest BCUT2D eigenvalue weighted by Gasteiger charge is 2.29. The molecule has 148 valence electrons. The predicted molar refractivity (Wildman–Crippen MR) is 108 cm³/mol. The molecule has 1 aliphatic rings. The van der Waals surface area contributed by atoms with E-state index < -0.39 is 12.1 Å². The summed E-state index contributed by atoms with van der Waals surface area (Å²) in [4.78, 5) is 27.8. The molecule has 0 aliphatic carbocycles. The van der Waals surface area contributed by atoms with Gasteiger partial charge in [-0.05, 0) is 13.0 Å². The zero-order chi connectivity index (χ0) is 20.1. The smallest absolute Gasteiger partial charge is 0.261 e. The van der Waals surface area contributed by atoms with Crippen molar-refractivity contribution in [2.45, 2.75) is 19.1 Å². The van der Waals surface area contributed by atoms with Gasteiger partial charge in [-0.15, -0.1) is 11.3 Å². The molecule has 0 radical (unpaired) electrons. The summed E-state index contributed by atoms with van der Waals surface area (Å²) in [5, 5.41) is 15.7. The fourth-order valence-electron chi connectivity index (χ4n) is 3.53. The van der Waals surface area contributed by atoms with Gasteiger partial charge in [0.25, 0.3) is 5.56 Å². The number of hydrogen-bond donors (Lipinski definition) is 1. The molecular formula is C19H18N6O3S. The molecule has 2 atom stereocenters. The first-order valence-electron chi connectivity index (χ1n) is 9.11. The van der Waals surface area contributed by atoms with E-state index in [1.165, 1.54) is 22.2 Å². The van der Waals surface area contributed by atoms with Crippen LogP contribution in [0.25, 0.3) is 32.7 Å². The van der Waals surface area contributed by atoms with Crippen molar-refractivity contribution in [2.75, 3.05) is 13.2 Å². The summed E-state index contributed by atoms with van der Waals surface area (Å²) in [6.45, 7) is 2.40. The van der Waals surface area contributed by atoms with Gasteiger partial charge in [0.1, 0.15) is 17.3 Å². The highest BCUT2D eigenvalue weighted by Crippen LogP contribution is 2.31. The van der Waals surface area contributed by atoms with Crippen LogP contribution in [0.15, 0.2) is 35.8 Å². The van der Waals surface area contributed by atoms with Gasteiger partial charge in [-0.2, -0.15) is 5.10 Å². The molecule has 1 fully saturated rings. The Balaban J connectivity index is 1.78. The predicted octanol–water partition coefficient (Wildman–Crippen LogP) is 1.56. The Labute approximate surface area is 169 Å². The van der Waals surface area contributed by atoms with Crippen molar-refractivity contribution in [3.63, 3.8) is 0 Å². The Morgan fingerprint density at radius 1 is 1.28 bits per heavy atom. The summed E-state index contributed by atoms with van der Waals surface area (Å²) < 4.78 is 8.45. The quantitative estimate of drug-likeness (QED) is 0.546. The minimum atomic E-state index is -0.741. The van der Waals surface area contributed by atoms with Crippen molar-refractivity contribution in [1.29, 1.82) is 0 Å². The van der Waals surface area contributed by atoms with E-state index in [4.69, 9.17) is 9.72 Å².